The van der Waals surface area contributed by atoms with Gasteiger partial charge in [-0.05, 0) is 61.4 Å². The van der Waals surface area contributed by atoms with Crippen LogP contribution in [0.4, 0.5) is 0 Å². The van der Waals surface area contributed by atoms with Gasteiger partial charge in [-0.3, -0.25) is 4.79 Å². The van der Waals surface area contributed by atoms with Crippen molar-refractivity contribution >= 4 is 39.1 Å². The number of methoxy groups -OCH3 is 2. The second kappa shape index (κ2) is 12.0. The highest BCUT2D eigenvalue weighted by molar-refractivity contribution is 7.89. The number of nitrogens with one attached hydrogen (secondary N) is 1. The number of nitrogens with zero attached hydrogens (tertiary/aromatic N) is 1. The zero-order valence-corrected chi connectivity index (χ0v) is 22.7. The summed E-state index contributed by atoms with van der Waals surface area (Å²) in [5.41, 5.74) is 2.22. The summed E-state index contributed by atoms with van der Waals surface area (Å²) < 4.78 is 38.7. The number of hydrogen-bond acceptors (Lipinski definition) is 5. The van der Waals surface area contributed by atoms with Crippen LogP contribution in [0.1, 0.15) is 29.7 Å². The highest BCUT2D eigenvalue weighted by Crippen LogP contribution is 2.30. The van der Waals surface area contributed by atoms with E-state index in [1.54, 1.807) is 56.5 Å². The van der Waals surface area contributed by atoms with E-state index in [0.29, 0.717) is 27.1 Å². The van der Waals surface area contributed by atoms with Crippen LogP contribution in [0.2, 0.25) is 10.0 Å². The lowest BCUT2D eigenvalue weighted by Crippen LogP contribution is -2.41. The number of hydrogen-bond donors (Lipinski definition) is 1. The highest BCUT2D eigenvalue weighted by Gasteiger charge is 2.28. The molecule has 3 aromatic rings. The third-order valence-corrected chi connectivity index (χ3v) is 8.02. The molecule has 3 rings (SSSR count). The van der Waals surface area contributed by atoms with Gasteiger partial charge in [-0.15, -0.1) is 0 Å². The summed E-state index contributed by atoms with van der Waals surface area (Å²) in [6, 6.07) is 16.2. The average molecular weight is 551 g/mol. The summed E-state index contributed by atoms with van der Waals surface area (Å²) in [6.07, 6.45) is 0. The Kier molecular flexibility index (Phi) is 9.24. The van der Waals surface area contributed by atoms with Gasteiger partial charge in [0.15, 0.2) is 11.5 Å². The molecule has 192 valence electrons. The molecule has 1 amide bonds. The summed E-state index contributed by atoms with van der Waals surface area (Å²) in [6.45, 7) is 3.15. The first-order chi connectivity index (χ1) is 17.0. The lowest BCUT2D eigenvalue weighted by atomic mass is 10.1. The number of amides is 1. The minimum atomic E-state index is -4.01. The fraction of sp³-hybridized carbons (Fsp3) is 0.269. The molecular formula is C26H28Cl2N2O5S. The molecule has 3 aromatic carbocycles. The predicted molar refractivity (Wildman–Crippen MR) is 141 cm³/mol. The van der Waals surface area contributed by atoms with E-state index in [1.165, 1.54) is 25.3 Å². The smallest absolute Gasteiger partial charge is 0.243 e. The van der Waals surface area contributed by atoms with Crippen LogP contribution in [0.5, 0.6) is 11.5 Å². The largest absolute Gasteiger partial charge is 0.493 e. The minimum Gasteiger partial charge on any atom is -0.493 e. The van der Waals surface area contributed by atoms with Crippen molar-refractivity contribution < 1.29 is 22.7 Å². The van der Waals surface area contributed by atoms with Crippen molar-refractivity contribution in [2.24, 2.45) is 0 Å². The summed E-state index contributed by atoms with van der Waals surface area (Å²) in [7, 11) is -0.945. The number of carbonyl (C=O) groups is 1. The van der Waals surface area contributed by atoms with Gasteiger partial charge < -0.3 is 14.8 Å². The zero-order chi connectivity index (χ0) is 26.5. The molecule has 7 nitrogen and oxygen atoms in total. The van der Waals surface area contributed by atoms with E-state index < -0.39 is 28.5 Å². The monoisotopic (exact) mass is 550 g/mol. The molecular weight excluding hydrogens is 523 g/mol. The molecule has 36 heavy (non-hydrogen) atoms. The Morgan fingerprint density at radius 1 is 0.972 bits per heavy atom. The SMILES string of the molecule is COc1ccc(C(C)NC(=O)CN(Cc2ccc(Cl)cc2Cl)S(=O)(=O)c2ccc(C)cc2)cc1OC. The first-order valence-corrected chi connectivity index (χ1v) is 13.3. The molecule has 0 heterocycles. The van der Waals surface area contributed by atoms with Crippen molar-refractivity contribution in [2.45, 2.75) is 31.3 Å². The average Bonchev–Trinajstić information content (AvgIpc) is 2.84. The Labute approximate surface area is 222 Å². The van der Waals surface area contributed by atoms with Crippen molar-refractivity contribution in [2.75, 3.05) is 20.8 Å². The van der Waals surface area contributed by atoms with Crippen LogP contribution in [0, 0.1) is 6.92 Å². The van der Waals surface area contributed by atoms with E-state index in [2.05, 4.69) is 5.32 Å². The van der Waals surface area contributed by atoms with Crippen LogP contribution < -0.4 is 14.8 Å². The van der Waals surface area contributed by atoms with Crippen LogP contribution >= 0.6 is 23.2 Å². The molecule has 0 saturated heterocycles. The predicted octanol–water partition coefficient (Wildman–Crippen LogP) is 5.39. The summed E-state index contributed by atoms with van der Waals surface area (Å²) in [5.74, 6) is 0.616. The molecule has 0 radical (unpaired) electrons. The zero-order valence-electron chi connectivity index (χ0n) is 20.4. The molecule has 0 aliphatic rings. The number of halogens is 2. The van der Waals surface area contributed by atoms with Gasteiger partial charge in [0.2, 0.25) is 15.9 Å². The van der Waals surface area contributed by atoms with Gasteiger partial charge >= 0.3 is 0 Å². The Bertz CT molecular complexity index is 1330. The molecule has 1 unspecified atom stereocenters. The highest BCUT2D eigenvalue weighted by atomic mass is 35.5. The van der Waals surface area contributed by atoms with Crippen molar-refractivity contribution in [3.63, 3.8) is 0 Å². The van der Waals surface area contributed by atoms with E-state index in [1.807, 2.05) is 6.92 Å². The second-order valence-electron chi connectivity index (χ2n) is 8.23. The van der Waals surface area contributed by atoms with Gasteiger partial charge in [0.25, 0.3) is 0 Å². The van der Waals surface area contributed by atoms with E-state index in [4.69, 9.17) is 32.7 Å². The maximum absolute atomic E-state index is 13.5. The van der Waals surface area contributed by atoms with E-state index in [9.17, 15) is 13.2 Å². The Balaban J connectivity index is 1.86. The van der Waals surface area contributed by atoms with Gasteiger partial charge in [0.1, 0.15) is 0 Å². The molecule has 0 spiro atoms. The van der Waals surface area contributed by atoms with Gasteiger partial charge in [0.05, 0.1) is 31.7 Å². The number of benzene rings is 3. The molecule has 0 aliphatic heterocycles. The van der Waals surface area contributed by atoms with Gasteiger partial charge in [0, 0.05) is 16.6 Å². The normalized spacial score (nSPS) is 12.3. The summed E-state index contributed by atoms with van der Waals surface area (Å²) >= 11 is 12.3. The van der Waals surface area contributed by atoms with Gasteiger partial charge in [-0.25, -0.2) is 8.42 Å². The third-order valence-electron chi connectivity index (χ3n) is 5.63. The Morgan fingerprint density at radius 2 is 1.64 bits per heavy atom. The third kappa shape index (κ3) is 6.70. The van der Waals surface area contributed by atoms with Crippen LogP contribution in [-0.4, -0.2) is 39.4 Å². The van der Waals surface area contributed by atoms with Crippen LogP contribution in [0.15, 0.2) is 65.6 Å². The van der Waals surface area contributed by atoms with Crippen molar-refractivity contribution in [3.8, 4) is 11.5 Å². The number of rotatable bonds is 10. The molecule has 1 N–H and O–H groups in total. The molecule has 0 bridgehead atoms. The van der Waals surface area contributed by atoms with Crippen molar-refractivity contribution in [1.29, 1.82) is 0 Å². The molecule has 0 saturated carbocycles. The lowest BCUT2D eigenvalue weighted by Gasteiger charge is -2.24. The van der Waals surface area contributed by atoms with Gasteiger partial charge in [-0.2, -0.15) is 4.31 Å². The van der Waals surface area contributed by atoms with Gasteiger partial charge in [-0.1, -0.05) is 53.0 Å². The Hall–Kier alpha value is -2.78. The number of ether oxygens (including phenoxy) is 2. The van der Waals surface area contributed by atoms with Crippen molar-refractivity contribution in [3.05, 3.63) is 87.4 Å². The van der Waals surface area contributed by atoms with Crippen LogP contribution in [0.3, 0.4) is 0 Å². The molecule has 0 aliphatic carbocycles. The topological polar surface area (TPSA) is 84.9 Å². The molecule has 0 fully saturated rings. The first kappa shape index (κ1) is 27.8. The quantitative estimate of drug-likeness (QED) is 0.366. The minimum absolute atomic E-state index is 0.0823. The van der Waals surface area contributed by atoms with Crippen molar-refractivity contribution in [1.82, 2.24) is 9.62 Å². The van der Waals surface area contributed by atoms with Crippen LogP contribution in [0.25, 0.3) is 0 Å². The standard InChI is InChI=1S/C26H28Cl2N2O5S/c1-17-5-10-22(11-6-17)36(32,33)30(15-20-7-9-21(27)14-23(20)28)16-26(31)29-18(2)19-8-12-24(34-3)25(13-19)35-4/h5-14,18H,15-16H2,1-4H3,(H,29,31). The second-order valence-corrected chi connectivity index (χ2v) is 11.0. The fourth-order valence-corrected chi connectivity index (χ4v) is 5.42. The lowest BCUT2D eigenvalue weighted by molar-refractivity contribution is -0.122. The maximum Gasteiger partial charge on any atom is 0.243 e. The molecule has 1 atom stereocenters. The Morgan fingerprint density at radius 3 is 2.25 bits per heavy atom. The first-order valence-electron chi connectivity index (χ1n) is 11.1. The number of aryl methyl sites for hydroxylation is 1. The summed E-state index contributed by atoms with van der Waals surface area (Å²) in [4.78, 5) is 13.1. The van der Waals surface area contributed by atoms with Crippen LogP contribution in [-0.2, 0) is 21.4 Å². The number of sulfonamides is 1. The maximum atomic E-state index is 13.5. The van der Waals surface area contributed by atoms with E-state index >= 15 is 0 Å². The fourth-order valence-electron chi connectivity index (χ4n) is 3.58. The summed E-state index contributed by atoms with van der Waals surface area (Å²) in [5, 5.41) is 3.60. The molecule has 10 heteroatoms. The van der Waals surface area contributed by atoms with E-state index in [0.717, 1.165) is 15.4 Å². The number of carbonyl (C=O) groups excluding carboxylic acids is 1. The van der Waals surface area contributed by atoms with E-state index in [-0.39, 0.29) is 11.4 Å². The molecule has 0 aromatic heterocycles.